The molecule has 0 bridgehead atoms. The molecular weight excluding hydrogens is 454 g/mol. The Bertz CT molecular complexity index is 1310. The molecule has 0 saturated carbocycles. The van der Waals surface area contributed by atoms with E-state index in [1.54, 1.807) is 20.4 Å². The van der Waals surface area contributed by atoms with Gasteiger partial charge < -0.3 is 24.7 Å². The van der Waals surface area contributed by atoms with E-state index in [4.69, 9.17) is 21.1 Å². The number of hydrogen-bond acceptors (Lipinski definition) is 4. The van der Waals surface area contributed by atoms with Gasteiger partial charge in [0.1, 0.15) is 6.54 Å². The molecule has 0 spiro atoms. The molecule has 176 valence electrons. The molecule has 2 N–H and O–H groups in total. The molecule has 2 aliphatic rings. The van der Waals surface area contributed by atoms with E-state index in [-0.39, 0.29) is 30.8 Å². The van der Waals surface area contributed by atoms with Crippen LogP contribution in [-0.4, -0.2) is 42.5 Å². The Morgan fingerprint density at radius 3 is 2.79 bits per heavy atom. The molecule has 34 heavy (non-hydrogen) atoms. The first-order valence-corrected chi connectivity index (χ1v) is 11.7. The molecule has 0 fully saturated rings. The molecule has 2 aromatic carbocycles. The quantitative estimate of drug-likeness (QED) is 0.568. The molecule has 5 rings (SSSR count). The first kappa shape index (κ1) is 22.3. The van der Waals surface area contributed by atoms with Crippen LogP contribution in [0.1, 0.15) is 41.3 Å². The zero-order chi connectivity index (χ0) is 23.8. The number of H-pyrrole nitrogens is 1. The first-order chi connectivity index (χ1) is 16.5. The molecule has 7 nitrogen and oxygen atoms in total. The number of benzene rings is 2. The van der Waals surface area contributed by atoms with Crippen LogP contribution in [0.2, 0.25) is 5.02 Å². The van der Waals surface area contributed by atoms with E-state index in [1.165, 1.54) is 10.5 Å². The number of rotatable bonds is 5. The molecule has 1 aromatic heterocycles. The van der Waals surface area contributed by atoms with Crippen LogP contribution in [0.4, 0.5) is 0 Å². The first-order valence-electron chi connectivity index (χ1n) is 11.3. The molecule has 8 heteroatoms. The lowest BCUT2D eigenvalue weighted by atomic mass is 9.91. The maximum Gasteiger partial charge on any atom is 0.240 e. The van der Waals surface area contributed by atoms with E-state index in [1.807, 2.05) is 36.4 Å². The zero-order valence-electron chi connectivity index (χ0n) is 19.1. The van der Waals surface area contributed by atoms with E-state index in [2.05, 4.69) is 10.3 Å². The Balaban J connectivity index is 1.32. The fraction of sp³-hybridized carbons (Fsp3) is 0.308. The molecule has 2 amide bonds. The van der Waals surface area contributed by atoms with Crippen LogP contribution in [0, 0.1) is 0 Å². The Kier molecular flexibility index (Phi) is 5.96. The highest BCUT2D eigenvalue weighted by Gasteiger charge is 2.27. The summed E-state index contributed by atoms with van der Waals surface area (Å²) in [5.74, 6) is 0.814. The van der Waals surface area contributed by atoms with E-state index in [0.29, 0.717) is 16.5 Å². The van der Waals surface area contributed by atoms with Crippen molar-refractivity contribution in [2.75, 3.05) is 20.8 Å². The van der Waals surface area contributed by atoms with Gasteiger partial charge in [-0.1, -0.05) is 11.6 Å². The molecule has 1 aliphatic heterocycles. The number of carbonyl (C=O) groups is 2. The van der Waals surface area contributed by atoms with Crippen LogP contribution in [0.5, 0.6) is 11.5 Å². The minimum Gasteiger partial charge on any atom is -0.493 e. The number of fused-ring (bicyclic) bond motifs is 4. The maximum atomic E-state index is 13.0. The third-order valence-electron chi connectivity index (χ3n) is 6.56. The van der Waals surface area contributed by atoms with Crippen LogP contribution in [-0.2, 0) is 22.4 Å². The molecular formula is C26H26ClN3O4. The molecule has 0 radical (unpaired) electrons. The Morgan fingerprint density at radius 2 is 2.00 bits per heavy atom. The largest absolute Gasteiger partial charge is 0.493 e. The van der Waals surface area contributed by atoms with Crippen molar-refractivity contribution in [3.8, 4) is 11.5 Å². The van der Waals surface area contributed by atoms with E-state index < -0.39 is 0 Å². The van der Waals surface area contributed by atoms with Gasteiger partial charge in [-0.3, -0.25) is 9.59 Å². The molecule has 0 saturated heterocycles. The lowest BCUT2D eigenvalue weighted by molar-refractivity contribution is -0.133. The van der Waals surface area contributed by atoms with E-state index >= 15 is 0 Å². The zero-order valence-corrected chi connectivity index (χ0v) is 19.9. The number of ether oxygens (including phenoxy) is 2. The van der Waals surface area contributed by atoms with Crippen LogP contribution in [0.25, 0.3) is 17.0 Å². The third kappa shape index (κ3) is 4.12. The Labute approximate surface area is 202 Å². The van der Waals surface area contributed by atoms with Crippen molar-refractivity contribution in [1.82, 2.24) is 15.2 Å². The summed E-state index contributed by atoms with van der Waals surface area (Å²) in [6.45, 7) is -0.0461. The Morgan fingerprint density at radius 1 is 1.21 bits per heavy atom. The van der Waals surface area contributed by atoms with Gasteiger partial charge in [-0.05, 0) is 72.4 Å². The molecule has 1 unspecified atom stereocenters. The summed E-state index contributed by atoms with van der Waals surface area (Å²) < 4.78 is 10.7. The van der Waals surface area contributed by atoms with Gasteiger partial charge in [0, 0.05) is 27.8 Å². The number of nitrogens with one attached hydrogen (secondary N) is 2. The smallest absolute Gasteiger partial charge is 0.240 e. The summed E-state index contributed by atoms with van der Waals surface area (Å²) in [7, 11) is 3.14. The van der Waals surface area contributed by atoms with Gasteiger partial charge >= 0.3 is 0 Å². The van der Waals surface area contributed by atoms with Gasteiger partial charge in [0.15, 0.2) is 11.5 Å². The number of nitrogens with zero attached hydrogens (tertiary/aromatic N) is 1. The normalized spacial score (nSPS) is 17.2. The number of amides is 2. The SMILES string of the molecule is COc1cc2c(cc1OC)CC(=O)N(CC(=O)NC1CCCc3c1[nH]c1ccc(Cl)cc31)C=C2. The summed E-state index contributed by atoms with van der Waals surface area (Å²) in [6.07, 6.45) is 6.42. The summed E-state index contributed by atoms with van der Waals surface area (Å²) in [5.41, 5.74) is 4.95. The summed E-state index contributed by atoms with van der Waals surface area (Å²) in [5, 5.41) is 4.93. The number of aromatic amines is 1. The number of carbonyl (C=O) groups excluding carboxylic acids is 2. The topological polar surface area (TPSA) is 83.7 Å². The number of halogens is 1. The number of methoxy groups -OCH3 is 2. The average Bonchev–Trinajstić information content (AvgIpc) is 3.13. The number of aromatic nitrogens is 1. The van der Waals surface area contributed by atoms with Crippen molar-refractivity contribution in [2.45, 2.75) is 31.7 Å². The fourth-order valence-electron chi connectivity index (χ4n) is 4.88. The second-order valence-corrected chi connectivity index (χ2v) is 9.08. The summed E-state index contributed by atoms with van der Waals surface area (Å²) in [4.78, 5) is 30.8. The van der Waals surface area contributed by atoms with Gasteiger partial charge in [0.25, 0.3) is 0 Å². The van der Waals surface area contributed by atoms with Crippen molar-refractivity contribution in [3.05, 3.63) is 63.9 Å². The fourth-order valence-corrected chi connectivity index (χ4v) is 5.05. The van der Waals surface area contributed by atoms with Crippen LogP contribution in [0.3, 0.4) is 0 Å². The van der Waals surface area contributed by atoms with Crippen molar-refractivity contribution < 1.29 is 19.1 Å². The van der Waals surface area contributed by atoms with Crippen LogP contribution >= 0.6 is 11.6 Å². The number of hydrogen-bond donors (Lipinski definition) is 2. The third-order valence-corrected chi connectivity index (χ3v) is 6.79. The minimum absolute atomic E-state index is 0.0461. The lowest BCUT2D eigenvalue weighted by Crippen LogP contribution is -2.40. The highest BCUT2D eigenvalue weighted by atomic mass is 35.5. The maximum absolute atomic E-state index is 13.0. The lowest BCUT2D eigenvalue weighted by Gasteiger charge is -2.25. The highest BCUT2D eigenvalue weighted by Crippen LogP contribution is 2.36. The molecule has 1 atom stereocenters. The predicted octanol–water partition coefficient (Wildman–Crippen LogP) is 4.39. The van der Waals surface area contributed by atoms with Crippen molar-refractivity contribution in [3.63, 3.8) is 0 Å². The standard InChI is InChI=1S/C26H26ClN3O4/c1-33-22-10-15-8-9-30(25(32)12-16(15)11-23(22)34-2)14-24(31)28-21-5-3-4-18-19-13-17(27)6-7-20(19)29-26(18)21/h6-11,13,21,29H,3-5,12,14H2,1-2H3,(H,28,31). The van der Waals surface area contributed by atoms with Crippen LogP contribution < -0.4 is 14.8 Å². The van der Waals surface area contributed by atoms with Gasteiger partial charge in [-0.25, -0.2) is 0 Å². The number of aryl methyl sites for hydroxylation is 1. The second kappa shape index (κ2) is 9.06. The molecule has 2 heterocycles. The van der Waals surface area contributed by atoms with Gasteiger partial charge in [0.05, 0.1) is 26.7 Å². The second-order valence-electron chi connectivity index (χ2n) is 8.64. The summed E-state index contributed by atoms with van der Waals surface area (Å²) >= 11 is 6.20. The van der Waals surface area contributed by atoms with Crippen molar-refractivity contribution in [2.24, 2.45) is 0 Å². The highest BCUT2D eigenvalue weighted by molar-refractivity contribution is 6.31. The van der Waals surface area contributed by atoms with Gasteiger partial charge in [-0.2, -0.15) is 0 Å². The van der Waals surface area contributed by atoms with Crippen molar-refractivity contribution >= 4 is 40.4 Å². The van der Waals surface area contributed by atoms with E-state index in [9.17, 15) is 9.59 Å². The molecule has 1 aliphatic carbocycles. The van der Waals surface area contributed by atoms with Gasteiger partial charge in [0.2, 0.25) is 11.8 Å². The van der Waals surface area contributed by atoms with E-state index in [0.717, 1.165) is 47.0 Å². The Hall–Kier alpha value is -3.45. The predicted molar refractivity (Wildman–Crippen MR) is 131 cm³/mol. The van der Waals surface area contributed by atoms with Crippen LogP contribution in [0.15, 0.2) is 36.5 Å². The monoisotopic (exact) mass is 479 g/mol. The average molecular weight is 480 g/mol. The van der Waals surface area contributed by atoms with Gasteiger partial charge in [-0.15, -0.1) is 0 Å². The molecule has 3 aromatic rings. The summed E-state index contributed by atoms with van der Waals surface area (Å²) in [6, 6.07) is 9.33. The van der Waals surface area contributed by atoms with Crippen molar-refractivity contribution in [1.29, 1.82) is 0 Å². The minimum atomic E-state index is -0.200.